The molecule has 2 N–H and O–H groups in total. The van der Waals surface area contributed by atoms with Crippen molar-refractivity contribution in [2.45, 2.75) is 6.18 Å². The highest BCUT2D eigenvalue weighted by Gasteiger charge is 2.30. The maximum absolute atomic E-state index is 13.0. The number of hydrogen-bond acceptors (Lipinski definition) is 4. The molecule has 0 unspecified atom stereocenters. The maximum Gasteiger partial charge on any atom is 0.416 e. The molecule has 2 amide bonds. The highest BCUT2D eigenvalue weighted by Crippen LogP contribution is 2.35. The molecule has 6 nitrogen and oxygen atoms in total. The fourth-order valence-corrected chi connectivity index (χ4v) is 4.48. The molecule has 0 atom stereocenters. The first kappa shape index (κ1) is 28.2. The van der Waals surface area contributed by atoms with E-state index in [-0.39, 0.29) is 17.0 Å². The van der Waals surface area contributed by atoms with Crippen LogP contribution < -0.4 is 15.4 Å². The van der Waals surface area contributed by atoms with Gasteiger partial charge in [0.05, 0.1) is 10.0 Å². The van der Waals surface area contributed by atoms with E-state index in [9.17, 15) is 28.0 Å². The summed E-state index contributed by atoms with van der Waals surface area (Å²) in [6, 6.07) is 15.4. The smallest absolute Gasteiger partial charge is 0.416 e. The number of halogens is 6. The summed E-state index contributed by atoms with van der Waals surface area (Å²) >= 11 is 12.5. The van der Waals surface area contributed by atoms with Crippen LogP contribution in [0.4, 0.5) is 24.5 Å². The third kappa shape index (κ3) is 8.08. The summed E-state index contributed by atoms with van der Waals surface area (Å²) in [7, 11) is 0. The summed E-state index contributed by atoms with van der Waals surface area (Å²) in [6.07, 6.45) is -3.39. The van der Waals surface area contributed by atoms with Crippen LogP contribution in [0.25, 0.3) is 6.08 Å². The van der Waals surface area contributed by atoms with E-state index in [1.807, 2.05) is 0 Å². The molecule has 0 aliphatic heterocycles. The summed E-state index contributed by atoms with van der Waals surface area (Å²) < 4.78 is 45.6. The number of amides is 2. The number of hydrogen-bond donors (Lipinski definition) is 2. The fraction of sp³-hybridized carbons (Fsp3) is 0.0800. The lowest BCUT2D eigenvalue weighted by Gasteiger charge is -2.13. The molecule has 190 valence electrons. The lowest BCUT2D eigenvalue weighted by molar-refractivity contribution is -0.137. The molecular weight excluding hydrogens is 643 g/mol. The van der Waals surface area contributed by atoms with Crippen LogP contribution in [0.5, 0.6) is 5.75 Å². The summed E-state index contributed by atoms with van der Waals surface area (Å²) in [5.41, 5.74) is -0.719. The number of benzene rings is 3. The van der Waals surface area contributed by atoms with Gasteiger partial charge in [-0.2, -0.15) is 18.4 Å². The van der Waals surface area contributed by atoms with Gasteiger partial charge in [-0.25, -0.2) is 0 Å². The largest absolute Gasteiger partial charge is 0.482 e. The van der Waals surface area contributed by atoms with Crippen LogP contribution >= 0.6 is 43.5 Å². The first-order valence-electron chi connectivity index (χ1n) is 10.2. The lowest BCUT2D eigenvalue weighted by atomic mass is 10.1. The molecule has 0 spiro atoms. The van der Waals surface area contributed by atoms with E-state index in [0.717, 1.165) is 18.2 Å². The van der Waals surface area contributed by atoms with Crippen LogP contribution in [0, 0.1) is 11.3 Å². The highest BCUT2D eigenvalue weighted by molar-refractivity contribution is 9.11. The van der Waals surface area contributed by atoms with E-state index < -0.39 is 35.7 Å². The molecule has 0 saturated carbocycles. The van der Waals surface area contributed by atoms with Crippen LogP contribution in [0.1, 0.15) is 11.1 Å². The van der Waals surface area contributed by atoms with Gasteiger partial charge in [-0.05, 0) is 76.6 Å². The molecule has 3 aromatic rings. The number of rotatable bonds is 7. The Hall–Kier alpha value is -3.33. The topological polar surface area (TPSA) is 91.2 Å². The van der Waals surface area contributed by atoms with Crippen molar-refractivity contribution in [1.29, 1.82) is 5.26 Å². The van der Waals surface area contributed by atoms with E-state index >= 15 is 0 Å². The molecule has 0 radical (unpaired) electrons. The quantitative estimate of drug-likeness (QED) is 0.204. The van der Waals surface area contributed by atoms with Crippen molar-refractivity contribution in [1.82, 2.24) is 0 Å². The summed E-state index contributed by atoms with van der Waals surface area (Å²) in [5.74, 6) is -1.24. The van der Waals surface area contributed by atoms with Gasteiger partial charge in [0.15, 0.2) is 6.61 Å². The molecule has 0 fully saturated rings. The average Bonchev–Trinajstić information content (AvgIpc) is 2.82. The summed E-state index contributed by atoms with van der Waals surface area (Å²) in [6.45, 7) is -0.401. The minimum Gasteiger partial charge on any atom is -0.482 e. The van der Waals surface area contributed by atoms with E-state index in [4.69, 9.17) is 16.3 Å². The molecule has 0 saturated heterocycles. The van der Waals surface area contributed by atoms with Crippen LogP contribution in [-0.2, 0) is 15.8 Å². The standard InChI is InChI=1S/C25H15Br2ClF3N3O3/c26-17-9-14(8-15(12-32)24(36)34-20-3-1-2-16(10-20)25(29,30)31)23(21(27)11-17)37-13-22(35)33-19-6-4-18(28)5-7-19/h1-11H,13H2,(H,33,35)(H,34,36)/b15-8+. The molecule has 3 rings (SSSR count). The van der Waals surface area contributed by atoms with Gasteiger partial charge in [0, 0.05) is 26.4 Å². The van der Waals surface area contributed by atoms with Gasteiger partial charge >= 0.3 is 6.18 Å². The lowest BCUT2D eigenvalue weighted by Crippen LogP contribution is -2.20. The summed E-state index contributed by atoms with van der Waals surface area (Å²) in [5, 5.41) is 15.0. The Morgan fingerprint density at radius 2 is 1.73 bits per heavy atom. The number of nitrogens with one attached hydrogen (secondary N) is 2. The zero-order valence-electron chi connectivity index (χ0n) is 18.5. The van der Waals surface area contributed by atoms with Gasteiger partial charge in [-0.1, -0.05) is 33.6 Å². The maximum atomic E-state index is 13.0. The van der Waals surface area contributed by atoms with E-state index in [0.29, 0.717) is 19.7 Å². The molecule has 0 heterocycles. The van der Waals surface area contributed by atoms with Crippen molar-refractivity contribution >= 4 is 72.7 Å². The Labute approximate surface area is 231 Å². The van der Waals surface area contributed by atoms with Gasteiger partial charge in [-0.15, -0.1) is 0 Å². The van der Waals surface area contributed by atoms with Gasteiger partial charge in [0.2, 0.25) is 0 Å². The van der Waals surface area contributed by atoms with Crippen molar-refractivity contribution in [2.24, 2.45) is 0 Å². The SMILES string of the molecule is N#C/C(=C\c1cc(Br)cc(Br)c1OCC(=O)Nc1ccc(Cl)cc1)C(=O)Nc1cccc(C(F)(F)F)c1. The van der Waals surface area contributed by atoms with Crippen LogP contribution in [-0.4, -0.2) is 18.4 Å². The third-order valence-electron chi connectivity index (χ3n) is 4.63. The average molecular weight is 658 g/mol. The Balaban J connectivity index is 1.81. The minimum absolute atomic E-state index is 0.133. The third-order valence-corrected chi connectivity index (χ3v) is 5.92. The molecule has 0 aromatic heterocycles. The number of alkyl halides is 3. The van der Waals surface area contributed by atoms with Crippen molar-refractivity contribution in [2.75, 3.05) is 17.2 Å². The van der Waals surface area contributed by atoms with Gasteiger partial charge in [0.25, 0.3) is 11.8 Å². The van der Waals surface area contributed by atoms with Crippen LogP contribution in [0.2, 0.25) is 5.02 Å². The molecule has 0 aliphatic carbocycles. The number of nitrogens with zero attached hydrogens (tertiary/aromatic N) is 1. The molecule has 12 heteroatoms. The molecule has 0 aliphatic rings. The first-order chi connectivity index (χ1) is 17.5. The molecule has 3 aromatic carbocycles. The van der Waals surface area contributed by atoms with E-state index in [1.165, 1.54) is 12.1 Å². The van der Waals surface area contributed by atoms with Gasteiger partial charge in [-0.3, -0.25) is 9.59 Å². The van der Waals surface area contributed by atoms with Crippen LogP contribution in [0.15, 0.2) is 75.2 Å². The Morgan fingerprint density at radius 3 is 2.38 bits per heavy atom. The van der Waals surface area contributed by atoms with Crippen molar-refractivity contribution in [3.05, 3.63) is 91.3 Å². The normalized spacial score (nSPS) is 11.4. The molecular formula is C25H15Br2ClF3N3O3. The zero-order chi connectivity index (χ0) is 27.2. The Morgan fingerprint density at radius 1 is 1.03 bits per heavy atom. The van der Waals surface area contributed by atoms with Crippen molar-refractivity contribution in [3.63, 3.8) is 0 Å². The number of carbonyl (C=O) groups excluding carboxylic acids is 2. The van der Waals surface area contributed by atoms with Crippen molar-refractivity contribution < 1.29 is 27.5 Å². The number of ether oxygens (including phenoxy) is 1. The fourth-order valence-electron chi connectivity index (χ4n) is 2.98. The number of carbonyl (C=O) groups is 2. The second kappa shape index (κ2) is 12.3. The number of anilines is 2. The van der Waals surface area contributed by atoms with Gasteiger partial charge in [0.1, 0.15) is 17.4 Å². The Bertz CT molecular complexity index is 1410. The summed E-state index contributed by atoms with van der Waals surface area (Å²) in [4.78, 5) is 25.0. The Kier molecular flexibility index (Phi) is 9.37. The minimum atomic E-state index is -4.59. The van der Waals surface area contributed by atoms with E-state index in [2.05, 4.69) is 42.5 Å². The molecule has 37 heavy (non-hydrogen) atoms. The highest BCUT2D eigenvalue weighted by atomic mass is 79.9. The van der Waals surface area contributed by atoms with Gasteiger partial charge < -0.3 is 15.4 Å². The zero-order valence-corrected chi connectivity index (χ0v) is 22.4. The first-order valence-corrected chi connectivity index (χ1v) is 12.2. The van der Waals surface area contributed by atoms with Crippen LogP contribution in [0.3, 0.4) is 0 Å². The predicted octanol–water partition coefficient (Wildman–Crippen LogP) is 7.45. The number of nitriles is 1. The van der Waals surface area contributed by atoms with Crippen molar-refractivity contribution in [3.8, 4) is 11.8 Å². The monoisotopic (exact) mass is 655 g/mol. The predicted molar refractivity (Wildman–Crippen MR) is 141 cm³/mol. The molecule has 0 bridgehead atoms. The second-order valence-corrected chi connectivity index (χ2v) is 9.56. The van der Waals surface area contributed by atoms with E-state index in [1.54, 1.807) is 42.5 Å². The second-order valence-electron chi connectivity index (χ2n) is 7.35.